The molecule has 0 unspecified atom stereocenters. The molecule has 2 aromatic rings. The minimum absolute atomic E-state index is 0.205. The van der Waals surface area contributed by atoms with Crippen LogP contribution in [0.3, 0.4) is 0 Å². The van der Waals surface area contributed by atoms with Gasteiger partial charge in [0, 0.05) is 5.56 Å². The zero-order valence-electron chi connectivity index (χ0n) is 8.06. The molecule has 76 valence electrons. The molecule has 5 heteroatoms. The third kappa shape index (κ3) is 1.71. The highest BCUT2D eigenvalue weighted by molar-refractivity contribution is 5.94. The average Bonchev–Trinajstić information content (AvgIpc) is 2.65. The van der Waals surface area contributed by atoms with Gasteiger partial charge in [-0.2, -0.15) is 5.10 Å². The molecule has 0 fully saturated rings. The fourth-order valence-corrected chi connectivity index (χ4v) is 1.33. The van der Waals surface area contributed by atoms with E-state index < -0.39 is 5.97 Å². The Morgan fingerprint density at radius 1 is 1.40 bits per heavy atom. The van der Waals surface area contributed by atoms with Gasteiger partial charge in [-0.05, 0) is 13.0 Å². The minimum Gasteiger partial charge on any atom is -0.478 e. The molecular formula is C10H9N3O2. The highest BCUT2D eigenvalue weighted by atomic mass is 16.4. The molecule has 0 radical (unpaired) electrons. The van der Waals surface area contributed by atoms with E-state index in [1.165, 1.54) is 6.07 Å². The summed E-state index contributed by atoms with van der Waals surface area (Å²) < 4.78 is 0. The van der Waals surface area contributed by atoms with Crippen molar-refractivity contribution in [3.63, 3.8) is 0 Å². The second-order valence-electron chi connectivity index (χ2n) is 3.10. The maximum atomic E-state index is 10.9. The number of hydrogen-bond donors (Lipinski definition) is 2. The van der Waals surface area contributed by atoms with Crippen molar-refractivity contribution in [3.8, 4) is 11.4 Å². The number of aryl methyl sites for hydroxylation is 1. The predicted octanol–water partition coefficient (Wildman–Crippen LogP) is 1.48. The first kappa shape index (κ1) is 9.39. The van der Waals surface area contributed by atoms with Crippen molar-refractivity contribution in [3.05, 3.63) is 35.7 Å². The van der Waals surface area contributed by atoms with Crippen LogP contribution in [0.4, 0.5) is 0 Å². The summed E-state index contributed by atoms with van der Waals surface area (Å²) in [4.78, 5) is 15.0. The van der Waals surface area contributed by atoms with Crippen molar-refractivity contribution in [2.24, 2.45) is 0 Å². The molecule has 0 saturated carbocycles. The lowest BCUT2D eigenvalue weighted by Gasteiger charge is -2.00. The number of rotatable bonds is 2. The predicted molar refractivity (Wildman–Crippen MR) is 53.5 cm³/mol. The first-order valence-corrected chi connectivity index (χ1v) is 4.40. The normalized spacial score (nSPS) is 10.2. The third-order valence-electron chi connectivity index (χ3n) is 2.00. The van der Waals surface area contributed by atoms with Crippen molar-refractivity contribution in [2.45, 2.75) is 6.92 Å². The largest absolute Gasteiger partial charge is 0.478 e. The second kappa shape index (κ2) is 3.53. The molecule has 0 atom stereocenters. The van der Waals surface area contributed by atoms with Gasteiger partial charge in [0.2, 0.25) is 0 Å². The van der Waals surface area contributed by atoms with Gasteiger partial charge in [-0.15, -0.1) is 0 Å². The van der Waals surface area contributed by atoms with Gasteiger partial charge in [0.15, 0.2) is 5.82 Å². The van der Waals surface area contributed by atoms with Gasteiger partial charge in [0.1, 0.15) is 5.82 Å². The van der Waals surface area contributed by atoms with E-state index in [0.717, 1.165) is 0 Å². The van der Waals surface area contributed by atoms with Gasteiger partial charge >= 0.3 is 5.97 Å². The number of carboxylic acids is 1. The molecule has 0 aliphatic carbocycles. The van der Waals surface area contributed by atoms with Crippen molar-refractivity contribution in [1.82, 2.24) is 15.2 Å². The number of aromatic amines is 1. The van der Waals surface area contributed by atoms with Crippen molar-refractivity contribution < 1.29 is 9.90 Å². The Kier molecular flexibility index (Phi) is 2.21. The van der Waals surface area contributed by atoms with Gasteiger partial charge < -0.3 is 5.11 Å². The number of aromatic nitrogens is 3. The molecule has 2 rings (SSSR count). The van der Waals surface area contributed by atoms with Crippen LogP contribution >= 0.6 is 0 Å². The molecule has 0 aliphatic rings. The Bertz CT molecular complexity index is 505. The highest BCUT2D eigenvalue weighted by Crippen LogP contribution is 2.19. The molecule has 0 amide bonds. The van der Waals surface area contributed by atoms with Crippen LogP contribution in [0.5, 0.6) is 0 Å². The molecule has 2 N–H and O–H groups in total. The molecule has 0 saturated heterocycles. The molecule has 1 heterocycles. The van der Waals surface area contributed by atoms with Crippen LogP contribution in [0, 0.1) is 6.92 Å². The van der Waals surface area contributed by atoms with E-state index in [1.54, 1.807) is 25.1 Å². The minimum atomic E-state index is -0.979. The number of nitrogens with one attached hydrogen (secondary N) is 1. The summed E-state index contributed by atoms with van der Waals surface area (Å²) in [6.45, 7) is 1.76. The molecular weight excluding hydrogens is 194 g/mol. The number of carboxylic acid groups (broad SMARTS) is 1. The van der Waals surface area contributed by atoms with Gasteiger partial charge in [-0.1, -0.05) is 18.2 Å². The van der Waals surface area contributed by atoms with Crippen LogP contribution in [0.15, 0.2) is 24.3 Å². The zero-order chi connectivity index (χ0) is 10.8. The maximum Gasteiger partial charge on any atom is 0.336 e. The molecule has 1 aromatic carbocycles. The SMILES string of the molecule is Cc1nc(-c2ccccc2C(=O)O)n[nH]1. The summed E-state index contributed by atoms with van der Waals surface area (Å²) in [6.07, 6.45) is 0. The zero-order valence-corrected chi connectivity index (χ0v) is 8.06. The Morgan fingerprint density at radius 2 is 2.13 bits per heavy atom. The number of hydrogen-bond acceptors (Lipinski definition) is 3. The van der Waals surface area contributed by atoms with Gasteiger partial charge in [-0.25, -0.2) is 9.78 Å². The standard InChI is InChI=1S/C10H9N3O2/c1-6-11-9(13-12-6)7-4-2-3-5-8(7)10(14)15/h2-5H,1H3,(H,14,15)(H,11,12,13). The Morgan fingerprint density at radius 3 is 2.73 bits per heavy atom. The van der Waals surface area contributed by atoms with E-state index in [-0.39, 0.29) is 5.56 Å². The Balaban J connectivity index is 2.57. The third-order valence-corrected chi connectivity index (χ3v) is 2.00. The number of nitrogens with zero attached hydrogens (tertiary/aromatic N) is 2. The van der Waals surface area contributed by atoms with Crippen molar-refractivity contribution >= 4 is 5.97 Å². The van der Waals surface area contributed by atoms with E-state index in [0.29, 0.717) is 17.2 Å². The molecule has 0 spiro atoms. The number of H-pyrrole nitrogens is 1. The highest BCUT2D eigenvalue weighted by Gasteiger charge is 2.13. The molecule has 5 nitrogen and oxygen atoms in total. The molecule has 15 heavy (non-hydrogen) atoms. The summed E-state index contributed by atoms with van der Waals surface area (Å²) in [5, 5.41) is 15.6. The topological polar surface area (TPSA) is 78.9 Å². The lowest BCUT2D eigenvalue weighted by atomic mass is 10.1. The first-order chi connectivity index (χ1) is 7.18. The molecule has 0 aliphatic heterocycles. The summed E-state index contributed by atoms with van der Waals surface area (Å²) in [7, 11) is 0. The van der Waals surface area contributed by atoms with Crippen LogP contribution in [-0.2, 0) is 0 Å². The lowest BCUT2D eigenvalue weighted by molar-refractivity contribution is 0.0697. The van der Waals surface area contributed by atoms with Crippen molar-refractivity contribution in [1.29, 1.82) is 0 Å². The Hall–Kier alpha value is -2.17. The number of carbonyl (C=O) groups is 1. The van der Waals surface area contributed by atoms with E-state index in [4.69, 9.17) is 5.11 Å². The Labute approximate surface area is 85.8 Å². The van der Waals surface area contributed by atoms with Gasteiger partial charge in [-0.3, -0.25) is 5.10 Å². The monoisotopic (exact) mass is 203 g/mol. The summed E-state index contributed by atoms with van der Waals surface area (Å²) in [5.41, 5.74) is 0.728. The smallest absolute Gasteiger partial charge is 0.336 e. The van der Waals surface area contributed by atoms with Crippen LogP contribution in [0.2, 0.25) is 0 Å². The lowest BCUT2D eigenvalue weighted by Crippen LogP contribution is -1.99. The van der Waals surface area contributed by atoms with E-state index in [1.807, 2.05) is 0 Å². The van der Waals surface area contributed by atoms with E-state index in [9.17, 15) is 4.79 Å². The van der Waals surface area contributed by atoms with E-state index in [2.05, 4.69) is 15.2 Å². The van der Waals surface area contributed by atoms with Crippen LogP contribution < -0.4 is 0 Å². The quantitative estimate of drug-likeness (QED) is 0.774. The second-order valence-corrected chi connectivity index (χ2v) is 3.10. The number of benzene rings is 1. The van der Waals surface area contributed by atoms with E-state index >= 15 is 0 Å². The van der Waals surface area contributed by atoms with Gasteiger partial charge in [0.25, 0.3) is 0 Å². The fourth-order valence-electron chi connectivity index (χ4n) is 1.33. The van der Waals surface area contributed by atoms with Crippen LogP contribution in [0.25, 0.3) is 11.4 Å². The summed E-state index contributed by atoms with van der Waals surface area (Å²) >= 11 is 0. The summed E-state index contributed by atoms with van der Waals surface area (Å²) in [6, 6.07) is 6.65. The van der Waals surface area contributed by atoms with Crippen LogP contribution in [0.1, 0.15) is 16.2 Å². The first-order valence-electron chi connectivity index (χ1n) is 4.40. The molecule has 1 aromatic heterocycles. The fraction of sp³-hybridized carbons (Fsp3) is 0.100. The summed E-state index contributed by atoms with van der Waals surface area (Å²) in [5.74, 6) is 0.0868. The molecule has 0 bridgehead atoms. The van der Waals surface area contributed by atoms with Crippen LogP contribution in [-0.4, -0.2) is 26.3 Å². The number of aromatic carboxylic acids is 1. The van der Waals surface area contributed by atoms with Crippen molar-refractivity contribution in [2.75, 3.05) is 0 Å². The maximum absolute atomic E-state index is 10.9. The van der Waals surface area contributed by atoms with Gasteiger partial charge in [0.05, 0.1) is 5.56 Å². The average molecular weight is 203 g/mol.